The minimum Gasteiger partial charge on any atom is -0.436 e. The van der Waals surface area contributed by atoms with Gasteiger partial charge in [-0.1, -0.05) is 29.8 Å². The monoisotopic (exact) mass is 424 g/mol. The van der Waals surface area contributed by atoms with Crippen molar-refractivity contribution < 1.29 is 14.3 Å². The quantitative estimate of drug-likeness (QED) is 0.466. The number of carbonyl (C=O) groups excluding carboxylic acids is 1. The van der Waals surface area contributed by atoms with Crippen molar-refractivity contribution in [3.63, 3.8) is 0 Å². The molecule has 0 aliphatic rings. The van der Waals surface area contributed by atoms with Crippen LogP contribution in [0.5, 0.6) is 0 Å². The van der Waals surface area contributed by atoms with Crippen LogP contribution >= 0.6 is 11.6 Å². The first-order chi connectivity index (χ1) is 14.4. The van der Waals surface area contributed by atoms with Gasteiger partial charge in [0, 0.05) is 16.8 Å². The number of aliphatic hydroxyl groups excluding tert-OH is 1. The first-order valence-corrected chi connectivity index (χ1v) is 9.96. The summed E-state index contributed by atoms with van der Waals surface area (Å²) in [7, 11) is 0. The molecule has 2 atom stereocenters. The summed E-state index contributed by atoms with van der Waals surface area (Å²) in [6.07, 6.45) is 3.71. The molecular formula is C22H21ClN4O3. The third-order valence-corrected chi connectivity index (χ3v) is 5.31. The first-order valence-electron chi connectivity index (χ1n) is 9.58. The van der Waals surface area contributed by atoms with Gasteiger partial charge in [-0.25, -0.2) is 9.97 Å². The highest BCUT2D eigenvalue weighted by molar-refractivity contribution is 6.30. The van der Waals surface area contributed by atoms with Crippen LogP contribution in [0.1, 0.15) is 35.4 Å². The van der Waals surface area contributed by atoms with E-state index in [1.165, 1.54) is 6.33 Å². The molecule has 0 unspecified atom stereocenters. The number of oxazole rings is 1. The highest BCUT2D eigenvalue weighted by Crippen LogP contribution is 2.29. The van der Waals surface area contributed by atoms with Gasteiger partial charge in [0.1, 0.15) is 11.2 Å². The van der Waals surface area contributed by atoms with Crippen molar-refractivity contribution in [2.45, 2.75) is 31.9 Å². The predicted octanol–water partition coefficient (Wildman–Crippen LogP) is 4.00. The fourth-order valence-corrected chi connectivity index (χ4v) is 3.73. The molecule has 0 aliphatic heterocycles. The van der Waals surface area contributed by atoms with Crippen LogP contribution in [0, 0.1) is 0 Å². The van der Waals surface area contributed by atoms with Crippen LogP contribution in [-0.2, 0) is 6.42 Å². The zero-order valence-corrected chi connectivity index (χ0v) is 17.1. The van der Waals surface area contributed by atoms with Gasteiger partial charge in [0.25, 0.3) is 5.91 Å². The summed E-state index contributed by atoms with van der Waals surface area (Å²) < 4.78 is 7.66. The van der Waals surface area contributed by atoms with Crippen molar-refractivity contribution in [3.8, 4) is 11.5 Å². The number of amides is 1. The number of aromatic nitrogens is 3. The lowest BCUT2D eigenvalue weighted by Gasteiger charge is -2.21. The van der Waals surface area contributed by atoms with E-state index in [1.54, 1.807) is 23.8 Å². The van der Waals surface area contributed by atoms with Crippen LogP contribution in [0.3, 0.4) is 0 Å². The molecule has 4 aromatic rings. The third-order valence-electron chi connectivity index (χ3n) is 5.08. The van der Waals surface area contributed by atoms with E-state index in [1.807, 2.05) is 36.4 Å². The number of hydrogen-bond donors (Lipinski definition) is 2. The van der Waals surface area contributed by atoms with Crippen molar-refractivity contribution in [2.75, 3.05) is 0 Å². The fourth-order valence-electron chi connectivity index (χ4n) is 3.54. The molecule has 0 bridgehead atoms. The van der Waals surface area contributed by atoms with E-state index in [2.05, 4.69) is 9.97 Å². The lowest BCUT2D eigenvalue weighted by atomic mass is 10.0. The molecule has 3 N–H and O–H groups in total. The van der Waals surface area contributed by atoms with Crippen LogP contribution in [0.4, 0.5) is 0 Å². The van der Waals surface area contributed by atoms with Crippen LogP contribution in [0.2, 0.25) is 5.02 Å². The number of rotatable bonds is 7. The molecule has 0 aliphatic carbocycles. The molecule has 0 radical (unpaired) electrons. The summed E-state index contributed by atoms with van der Waals surface area (Å²) in [4.78, 5) is 20.0. The summed E-state index contributed by atoms with van der Waals surface area (Å²) in [5.41, 5.74) is 8.74. The Bertz CT molecular complexity index is 1200. The molecule has 2 aromatic heterocycles. The van der Waals surface area contributed by atoms with Gasteiger partial charge in [-0.2, -0.15) is 0 Å². The first kappa shape index (κ1) is 20.1. The zero-order valence-electron chi connectivity index (χ0n) is 16.3. The van der Waals surface area contributed by atoms with Crippen LogP contribution < -0.4 is 5.73 Å². The van der Waals surface area contributed by atoms with Gasteiger partial charge in [0.15, 0.2) is 5.58 Å². The number of aryl methyl sites for hydroxylation is 1. The Balaban J connectivity index is 1.60. The summed E-state index contributed by atoms with van der Waals surface area (Å²) in [6, 6.07) is 12.9. The molecule has 0 spiro atoms. The van der Waals surface area contributed by atoms with Crippen molar-refractivity contribution in [1.29, 1.82) is 0 Å². The Kier molecular flexibility index (Phi) is 5.57. The number of aliphatic hydroxyl groups is 1. The molecule has 1 amide bonds. The number of nitrogens with two attached hydrogens (primary N) is 1. The van der Waals surface area contributed by atoms with E-state index in [9.17, 15) is 9.90 Å². The lowest BCUT2D eigenvalue weighted by molar-refractivity contribution is 0.0994. The average Bonchev–Trinajstić information content (AvgIpc) is 3.36. The number of fused-ring (bicyclic) bond motifs is 1. The van der Waals surface area contributed by atoms with Crippen LogP contribution in [-0.4, -0.2) is 31.7 Å². The minimum absolute atomic E-state index is 0.172. The van der Waals surface area contributed by atoms with Gasteiger partial charge in [0.2, 0.25) is 5.89 Å². The molecule has 4 rings (SSSR count). The number of nitrogens with zero attached hydrogens (tertiary/aromatic N) is 3. The molecule has 0 saturated heterocycles. The van der Waals surface area contributed by atoms with Gasteiger partial charge in [-0.15, -0.1) is 0 Å². The number of carbonyl (C=O) groups is 1. The SMILES string of the molecule is C[C@H](O)[C@@H](CCc1cccc2oc(-c3cccc(Cl)c3)nc12)n1cnc(C(N)=O)c1. The smallest absolute Gasteiger partial charge is 0.268 e. The van der Waals surface area contributed by atoms with Crippen LogP contribution in [0.25, 0.3) is 22.6 Å². The summed E-state index contributed by atoms with van der Waals surface area (Å²) in [6.45, 7) is 1.71. The number of para-hydroxylation sites is 1. The second kappa shape index (κ2) is 8.30. The maximum absolute atomic E-state index is 11.3. The number of hydrogen-bond acceptors (Lipinski definition) is 5. The third kappa shape index (κ3) is 4.08. The molecule has 30 heavy (non-hydrogen) atoms. The fraction of sp³-hybridized carbons (Fsp3) is 0.227. The largest absolute Gasteiger partial charge is 0.436 e. The number of primary amides is 1. The Labute approximate surface area is 178 Å². The van der Waals surface area contributed by atoms with Gasteiger partial charge in [-0.05, 0) is 49.6 Å². The van der Waals surface area contributed by atoms with Crippen molar-refractivity contribution in [1.82, 2.24) is 14.5 Å². The van der Waals surface area contributed by atoms with Crippen LogP contribution in [0.15, 0.2) is 59.4 Å². The second-order valence-electron chi connectivity index (χ2n) is 7.21. The van der Waals surface area contributed by atoms with Gasteiger partial charge >= 0.3 is 0 Å². The van der Waals surface area contributed by atoms with E-state index >= 15 is 0 Å². The molecule has 2 heterocycles. The van der Waals surface area contributed by atoms with Gasteiger partial charge in [0.05, 0.1) is 18.5 Å². The number of imidazole rings is 1. The molecule has 8 heteroatoms. The second-order valence-corrected chi connectivity index (χ2v) is 7.65. The van der Waals surface area contributed by atoms with E-state index in [0.29, 0.717) is 29.3 Å². The van der Waals surface area contributed by atoms with E-state index in [0.717, 1.165) is 16.6 Å². The Hall–Kier alpha value is -3.16. The Morgan fingerprint density at radius 1 is 1.30 bits per heavy atom. The maximum atomic E-state index is 11.3. The summed E-state index contributed by atoms with van der Waals surface area (Å²) in [5, 5.41) is 10.9. The Morgan fingerprint density at radius 3 is 2.80 bits per heavy atom. The van der Waals surface area contributed by atoms with E-state index < -0.39 is 12.0 Å². The predicted molar refractivity (Wildman–Crippen MR) is 114 cm³/mol. The maximum Gasteiger partial charge on any atom is 0.268 e. The normalized spacial score (nSPS) is 13.4. The minimum atomic E-state index is -0.640. The molecule has 0 saturated carbocycles. The molecular weight excluding hydrogens is 404 g/mol. The summed E-state index contributed by atoms with van der Waals surface area (Å²) in [5.74, 6) is -0.0910. The Morgan fingerprint density at radius 2 is 2.10 bits per heavy atom. The molecule has 154 valence electrons. The molecule has 2 aromatic carbocycles. The van der Waals surface area contributed by atoms with E-state index in [-0.39, 0.29) is 11.7 Å². The zero-order chi connectivity index (χ0) is 21.3. The van der Waals surface area contributed by atoms with Crippen molar-refractivity contribution >= 4 is 28.6 Å². The van der Waals surface area contributed by atoms with E-state index in [4.69, 9.17) is 21.8 Å². The number of benzene rings is 2. The highest BCUT2D eigenvalue weighted by atomic mass is 35.5. The lowest BCUT2D eigenvalue weighted by Crippen LogP contribution is -2.21. The molecule has 7 nitrogen and oxygen atoms in total. The standard InChI is InChI=1S/C22H21ClN4O3/c1-13(28)18(27-11-17(21(24)29)25-12-27)9-8-14-4-3-7-19-20(14)26-22(30-19)15-5-2-6-16(23)10-15/h2-7,10-13,18,28H,8-9H2,1H3,(H2,24,29)/t13-,18+/m0/s1. The van der Waals surface area contributed by atoms with Crippen molar-refractivity contribution in [2.24, 2.45) is 5.73 Å². The topological polar surface area (TPSA) is 107 Å². The van der Waals surface area contributed by atoms with Gasteiger partial charge < -0.3 is 19.8 Å². The summed E-state index contributed by atoms with van der Waals surface area (Å²) >= 11 is 6.09. The average molecular weight is 425 g/mol. The highest BCUT2D eigenvalue weighted by Gasteiger charge is 2.20. The van der Waals surface area contributed by atoms with Crippen molar-refractivity contribution in [3.05, 3.63) is 71.3 Å². The molecule has 0 fully saturated rings. The van der Waals surface area contributed by atoms with Gasteiger partial charge in [-0.3, -0.25) is 4.79 Å². The number of halogens is 1.